The first kappa shape index (κ1) is 8.91. The summed E-state index contributed by atoms with van der Waals surface area (Å²) in [4.78, 5) is 14.0. The van der Waals surface area contributed by atoms with Gasteiger partial charge in [0, 0.05) is 6.54 Å². The lowest BCUT2D eigenvalue weighted by atomic mass is 10.1. The van der Waals surface area contributed by atoms with Crippen molar-refractivity contribution in [2.75, 3.05) is 13.6 Å². The molecule has 0 aliphatic carbocycles. The van der Waals surface area contributed by atoms with Crippen LogP contribution >= 0.6 is 11.3 Å². The van der Waals surface area contributed by atoms with E-state index in [0.29, 0.717) is 0 Å². The van der Waals surface area contributed by atoms with Crippen molar-refractivity contribution in [1.29, 1.82) is 0 Å². The summed E-state index contributed by atoms with van der Waals surface area (Å²) in [6.07, 6.45) is 3.23. The molecule has 0 fully saturated rings. The smallest absolute Gasteiger partial charge is 0.160 e. The average Bonchev–Trinajstić information content (AvgIpc) is 2.39. The molecule has 0 amide bonds. The third kappa shape index (κ3) is 1.67. The first-order valence-electron chi connectivity index (χ1n) is 4.54. The Bertz CT molecular complexity index is 319. The van der Waals surface area contributed by atoms with E-state index in [0.717, 1.165) is 30.7 Å². The van der Waals surface area contributed by atoms with Crippen LogP contribution in [-0.2, 0) is 13.0 Å². The summed E-state index contributed by atoms with van der Waals surface area (Å²) in [5, 5.41) is 2.13. The Kier molecular flexibility index (Phi) is 2.47. The van der Waals surface area contributed by atoms with Gasteiger partial charge in [0.05, 0.1) is 4.88 Å². The molecule has 3 heteroatoms. The van der Waals surface area contributed by atoms with Crippen LogP contribution in [0, 0.1) is 0 Å². The molecule has 13 heavy (non-hydrogen) atoms. The first-order chi connectivity index (χ1) is 6.31. The molecule has 1 aliphatic heterocycles. The third-order valence-corrected chi connectivity index (χ3v) is 3.53. The van der Waals surface area contributed by atoms with Gasteiger partial charge < -0.3 is 4.90 Å². The molecule has 2 rings (SSSR count). The van der Waals surface area contributed by atoms with E-state index in [2.05, 4.69) is 17.3 Å². The Hall–Kier alpha value is -0.670. The molecule has 0 unspecified atom stereocenters. The molecular formula is C10H13NOS. The molecule has 1 aromatic heterocycles. The summed E-state index contributed by atoms with van der Waals surface area (Å²) in [7, 11) is 2.13. The number of nitrogens with zero attached hydrogens (tertiary/aromatic N) is 1. The van der Waals surface area contributed by atoms with Crippen molar-refractivity contribution in [1.82, 2.24) is 4.90 Å². The number of thiophene rings is 1. The fourth-order valence-corrected chi connectivity index (χ4v) is 2.76. The van der Waals surface area contributed by atoms with Crippen molar-refractivity contribution in [3.63, 3.8) is 0 Å². The number of fused-ring (bicyclic) bond motifs is 1. The maximum absolute atomic E-state index is 10.7. The van der Waals surface area contributed by atoms with Gasteiger partial charge in [-0.25, -0.2) is 0 Å². The molecule has 0 atom stereocenters. The van der Waals surface area contributed by atoms with Gasteiger partial charge >= 0.3 is 0 Å². The molecule has 2 nitrogen and oxygen atoms in total. The van der Waals surface area contributed by atoms with Gasteiger partial charge in [0.15, 0.2) is 6.29 Å². The average molecular weight is 195 g/mol. The van der Waals surface area contributed by atoms with E-state index in [-0.39, 0.29) is 0 Å². The van der Waals surface area contributed by atoms with Crippen LogP contribution in [0.3, 0.4) is 0 Å². The van der Waals surface area contributed by atoms with Crippen molar-refractivity contribution in [3.8, 4) is 0 Å². The highest BCUT2D eigenvalue weighted by atomic mass is 32.1. The summed E-state index contributed by atoms with van der Waals surface area (Å²) in [6.45, 7) is 2.14. The highest BCUT2D eigenvalue weighted by Gasteiger charge is 2.15. The molecule has 0 radical (unpaired) electrons. The van der Waals surface area contributed by atoms with E-state index in [1.54, 1.807) is 11.3 Å². The number of carbonyl (C=O) groups is 1. The molecule has 0 N–H and O–H groups in total. The number of rotatable bonds is 1. The largest absolute Gasteiger partial charge is 0.302 e. The Morgan fingerprint density at radius 1 is 1.62 bits per heavy atom. The minimum atomic E-state index is 0.935. The van der Waals surface area contributed by atoms with Gasteiger partial charge in [0.25, 0.3) is 0 Å². The second-order valence-electron chi connectivity index (χ2n) is 3.56. The Balaban J connectivity index is 2.35. The fraction of sp³-hybridized carbons (Fsp3) is 0.500. The number of carbonyl (C=O) groups excluding carboxylic acids is 1. The van der Waals surface area contributed by atoms with E-state index < -0.39 is 0 Å². The maximum Gasteiger partial charge on any atom is 0.160 e. The predicted molar refractivity (Wildman–Crippen MR) is 54.4 cm³/mol. The van der Waals surface area contributed by atoms with E-state index in [9.17, 15) is 4.79 Å². The summed E-state index contributed by atoms with van der Waals surface area (Å²) in [5.41, 5.74) is 2.65. The zero-order valence-corrected chi connectivity index (χ0v) is 8.56. The van der Waals surface area contributed by atoms with Crippen LogP contribution in [0.5, 0.6) is 0 Å². The molecule has 2 heterocycles. The van der Waals surface area contributed by atoms with Crippen molar-refractivity contribution in [3.05, 3.63) is 21.4 Å². The van der Waals surface area contributed by atoms with Crippen molar-refractivity contribution >= 4 is 17.6 Å². The van der Waals surface area contributed by atoms with Crippen molar-refractivity contribution < 1.29 is 4.79 Å². The summed E-state index contributed by atoms with van der Waals surface area (Å²) in [5.74, 6) is 0. The van der Waals surface area contributed by atoms with Crippen LogP contribution in [-0.4, -0.2) is 24.8 Å². The molecule has 0 saturated carbocycles. The standard InChI is InChI=1S/C10H13NOS/c1-11-4-2-3-9-8(5-11)7-13-10(9)6-12/h6-7H,2-5H2,1H3. The van der Waals surface area contributed by atoms with Gasteiger partial charge in [-0.2, -0.15) is 0 Å². The number of aldehydes is 1. The lowest BCUT2D eigenvalue weighted by molar-refractivity contribution is 0.112. The lowest BCUT2D eigenvalue weighted by Crippen LogP contribution is -2.16. The SMILES string of the molecule is CN1CCCc2c(csc2C=O)C1. The zero-order valence-electron chi connectivity index (χ0n) is 7.75. The van der Waals surface area contributed by atoms with Gasteiger partial charge in [0.2, 0.25) is 0 Å². The number of hydrogen-bond acceptors (Lipinski definition) is 3. The zero-order chi connectivity index (χ0) is 9.26. The highest BCUT2D eigenvalue weighted by Crippen LogP contribution is 2.25. The van der Waals surface area contributed by atoms with E-state index in [1.165, 1.54) is 17.5 Å². The van der Waals surface area contributed by atoms with Crippen LogP contribution in [0.1, 0.15) is 27.2 Å². The second kappa shape index (κ2) is 3.60. The molecule has 0 bridgehead atoms. The van der Waals surface area contributed by atoms with Crippen LogP contribution in [0.2, 0.25) is 0 Å². The summed E-state index contributed by atoms with van der Waals surface area (Å²) >= 11 is 1.58. The summed E-state index contributed by atoms with van der Waals surface area (Å²) < 4.78 is 0. The fourth-order valence-electron chi connectivity index (χ4n) is 1.85. The van der Waals surface area contributed by atoms with Crippen molar-refractivity contribution in [2.45, 2.75) is 19.4 Å². The van der Waals surface area contributed by atoms with Crippen LogP contribution in [0.4, 0.5) is 0 Å². The summed E-state index contributed by atoms with van der Waals surface area (Å²) in [6, 6.07) is 0. The minimum Gasteiger partial charge on any atom is -0.302 e. The van der Waals surface area contributed by atoms with Crippen LogP contribution in [0.15, 0.2) is 5.38 Å². The van der Waals surface area contributed by atoms with Gasteiger partial charge in [-0.1, -0.05) is 0 Å². The van der Waals surface area contributed by atoms with E-state index in [4.69, 9.17) is 0 Å². The molecule has 0 aromatic carbocycles. The highest BCUT2D eigenvalue weighted by molar-refractivity contribution is 7.12. The molecular weight excluding hydrogens is 182 g/mol. The molecule has 1 aromatic rings. The Labute approximate surface area is 82.2 Å². The van der Waals surface area contributed by atoms with E-state index >= 15 is 0 Å². The lowest BCUT2D eigenvalue weighted by Gasteiger charge is -2.11. The molecule has 0 spiro atoms. The van der Waals surface area contributed by atoms with E-state index in [1.807, 2.05) is 0 Å². The topological polar surface area (TPSA) is 20.3 Å². The molecule has 0 saturated heterocycles. The van der Waals surface area contributed by atoms with Crippen LogP contribution < -0.4 is 0 Å². The van der Waals surface area contributed by atoms with Gasteiger partial charge in [-0.3, -0.25) is 4.79 Å². The third-order valence-electron chi connectivity index (χ3n) is 2.53. The van der Waals surface area contributed by atoms with Crippen LogP contribution in [0.25, 0.3) is 0 Å². The second-order valence-corrected chi connectivity index (χ2v) is 4.47. The Morgan fingerprint density at radius 3 is 3.23 bits per heavy atom. The molecule has 1 aliphatic rings. The van der Waals surface area contributed by atoms with Gasteiger partial charge in [0.1, 0.15) is 0 Å². The van der Waals surface area contributed by atoms with Gasteiger partial charge in [-0.15, -0.1) is 11.3 Å². The monoisotopic (exact) mass is 195 g/mol. The quantitative estimate of drug-likeness (QED) is 0.638. The maximum atomic E-state index is 10.7. The number of hydrogen-bond donors (Lipinski definition) is 0. The van der Waals surface area contributed by atoms with Gasteiger partial charge in [-0.05, 0) is 42.9 Å². The normalized spacial score (nSPS) is 17.9. The predicted octanol–water partition coefficient (Wildman–Crippen LogP) is 1.94. The van der Waals surface area contributed by atoms with Crippen molar-refractivity contribution in [2.24, 2.45) is 0 Å². The first-order valence-corrected chi connectivity index (χ1v) is 5.42. The minimum absolute atomic E-state index is 0.935. The molecule has 70 valence electrons. The Morgan fingerprint density at radius 2 is 2.46 bits per heavy atom.